The predicted molar refractivity (Wildman–Crippen MR) is 84.9 cm³/mol. The van der Waals surface area contributed by atoms with Gasteiger partial charge in [0.2, 0.25) is 0 Å². The number of H-pyrrole nitrogens is 1. The minimum absolute atomic E-state index is 0.00228. The molecule has 22 heavy (non-hydrogen) atoms. The summed E-state index contributed by atoms with van der Waals surface area (Å²) >= 11 is 6.23. The average molecular weight is 319 g/mol. The van der Waals surface area contributed by atoms with Crippen LogP contribution in [0.3, 0.4) is 0 Å². The Balaban J connectivity index is 1.67. The van der Waals surface area contributed by atoms with Crippen LogP contribution in [0.4, 0.5) is 0 Å². The molecule has 2 aromatic heterocycles. The van der Waals surface area contributed by atoms with Crippen molar-refractivity contribution in [2.24, 2.45) is 5.92 Å². The minimum Gasteiger partial charge on any atom is -0.297 e. The maximum absolute atomic E-state index is 12.5. The zero-order chi connectivity index (χ0) is 15.5. The Morgan fingerprint density at radius 1 is 1.50 bits per heavy atom. The molecule has 0 unspecified atom stereocenters. The van der Waals surface area contributed by atoms with Gasteiger partial charge in [-0.25, -0.2) is 0 Å². The van der Waals surface area contributed by atoms with Crippen molar-refractivity contribution in [1.82, 2.24) is 20.1 Å². The summed E-state index contributed by atoms with van der Waals surface area (Å²) in [6.45, 7) is 4.28. The van der Waals surface area contributed by atoms with Crippen LogP contribution in [-0.2, 0) is 6.54 Å². The van der Waals surface area contributed by atoms with Crippen LogP contribution in [0.2, 0.25) is 5.02 Å². The van der Waals surface area contributed by atoms with Gasteiger partial charge in [-0.2, -0.15) is 5.10 Å². The van der Waals surface area contributed by atoms with Crippen LogP contribution in [0.1, 0.15) is 34.7 Å². The third-order valence-electron chi connectivity index (χ3n) is 4.11. The number of aromatic amines is 1. The summed E-state index contributed by atoms with van der Waals surface area (Å²) < 4.78 is 0. The van der Waals surface area contributed by atoms with E-state index in [0.717, 1.165) is 37.3 Å². The van der Waals surface area contributed by atoms with E-state index in [-0.39, 0.29) is 11.7 Å². The number of carbonyl (C=O) groups is 1. The number of carbonyl (C=O) groups excluding carboxylic acids is 1. The first-order valence-electron chi connectivity index (χ1n) is 7.52. The molecule has 1 saturated heterocycles. The third-order valence-corrected chi connectivity index (χ3v) is 4.61. The van der Waals surface area contributed by atoms with E-state index < -0.39 is 0 Å². The summed E-state index contributed by atoms with van der Waals surface area (Å²) in [5.41, 5.74) is 2.29. The number of Topliss-reactive ketones (excluding diaryl/α,β-unsaturated/α-hetero) is 1. The average Bonchev–Trinajstić information content (AvgIpc) is 2.87. The molecule has 2 aromatic rings. The van der Waals surface area contributed by atoms with E-state index in [0.29, 0.717) is 17.3 Å². The summed E-state index contributed by atoms with van der Waals surface area (Å²) in [7, 11) is 0. The number of aromatic nitrogens is 3. The first-order chi connectivity index (χ1) is 10.6. The molecule has 0 spiro atoms. The standard InChI is InChI=1S/C16H19ClN4O/c1-11-15(17)14(20-19-11)10-21-8-4-5-12(9-21)16(22)13-6-2-3-7-18-13/h2-3,6-7,12H,4-5,8-10H2,1H3,(H,19,20)/t12-/m1/s1. The molecular weight excluding hydrogens is 300 g/mol. The molecule has 6 heteroatoms. The van der Waals surface area contributed by atoms with Crippen LogP contribution < -0.4 is 0 Å². The van der Waals surface area contributed by atoms with Crippen molar-refractivity contribution in [3.63, 3.8) is 0 Å². The molecular formula is C16H19ClN4O. The van der Waals surface area contributed by atoms with Gasteiger partial charge in [0.15, 0.2) is 5.78 Å². The highest BCUT2D eigenvalue weighted by atomic mass is 35.5. The number of pyridine rings is 1. The minimum atomic E-state index is 0.00228. The Bertz CT molecular complexity index is 655. The number of hydrogen-bond acceptors (Lipinski definition) is 4. The van der Waals surface area contributed by atoms with Crippen LogP contribution in [0.5, 0.6) is 0 Å². The number of nitrogens with one attached hydrogen (secondary N) is 1. The second-order valence-corrected chi connectivity index (χ2v) is 6.14. The number of nitrogens with zero attached hydrogens (tertiary/aromatic N) is 3. The fraction of sp³-hybridized carbons (Fsp3) is 0.438. The second kappa shape index (κ2) is 6.58. The monoisotopic (exact) mass is 318 g/mol. The Labute approximate surface area is 134 Å². The molecule has 0 aromatic carbocycles. The van der Waals surface area contributed by atoms with Crippen LogP contribution in [0.25, 0.3) is 0 Å². The first kappa shape index (κ1) is 15.2. The van der Waals surface area contributed by atoms with Crippen molar-refractivity contribution in [2.75, 3.05) is 13.1 Å². The number of hydrogen-bond donors (Lipinski definition) is 1. The number of ketones is 1. The van der Waals surface area contributed by atoms with Crippen molar-refractivity contribution in [2.45, 2.75) is 26.3 Å². The topological polar surface area (TPSA) is 61.9 Å². The van der Waals surface area contributed by atoms with E-state index in [1.807, 2.05) is 19.1 Å². The number of rotatable bonds is 4. The second-order valence-electron chi connectivity index (χ2n) is 5.76. The molecule has 0 amide bonds. The van der Waals surface area contributed by atoms with Crippen LogP contribution in [-0.4, -0.2) is 39.0 Å². The van der Waals surface area contributed by atoms with E-state index >= 15 is 0 Å². The summed E-state index contributed by atoms with van der Waals surface area (Å²) in [6.07, 6.45) is 3.59. The summed E-state index contributed by atoms with van der Waals surface area (Å²) in [5, 5.41) is 7.84. The zero-order valence-electron chi connectivity index (χ0n) is 12.6. The molecule has 1 aliphatic heterocycles. The summed E-state index contributed by atoms with van der Waals surface area (Å²) in [6, 6.07) is 5.47. The Morgan fingerprint density at radius 2 is 2.36 bits per heavy atom. The molecule has 1 N–H and O–H groups in total. The van der Waals surface area contributed by atoms with Gasteiger partial charge in [0.25, 0.3) is 0 Å². The maximum atomic E-state index is 12.5. The highest BCUT2D eigenvalue weighted by Crippen LogP contribution is 2.24. The molecule has 3 rings (SSSR count). The van der Waals surface area contributed by atoms with Gasteiger partial charge in [-0.3, -0.25) is 19.8 Å². The molecule has 3 heterocycles. The summed E-state index contributed by atoms with van der Waals surface area (Å²) in [4.78, 5) is 19.0. The third kappa shape index (κ3) is 3.20. The number of aryl methyl sites for hydroxylation is 1. The van der Waals surface area contributed by atoms with Crippen LogP contribution in [0, 0.1) is 12.8 Å². The Morgan fingerprint density at radius 3 is 3.05 bits per heavy atom. The van der Waals surface area contributed by atoms with Gasteiger partial charge in [0.05, 0.1) is 16.4 Å². The Kier molecular flexibility index (Phi) is 4.55. The fourth-order valence-corrected chi connectivity index (χ4v) is 3.06. The molecule has 0 saturated carbocycles. The van der Waals surface area contributed by atoms with Gasteiger partial charge < -0.3 is 0 Å². The largest absolute Gasteiger partial charge is 0.297 e. The number of halogens is 1. The van der Waals surface area contributed by atoms with Gasteiger partial charge in [0.1, 0.15) is 5.69 Å². The van der Waals surface area contributed by atoms with Crippen molar-refractivity contribution in [3.8, 4) is 0 Å². The van der Waals surface area contributed by atoms with Gasteiger partial charge in [-0.15, -0.1) is 0 Å². The molecule has 1 aliphatic rings. The van der Waals surface area contributed by atoms with Crippen molar-refractivity contribution < 1.29 is 4.79 Å². The van der Waals surface area contributed by atoms with E-state index in [1.165, 1.54) is 0 Å². The van der Waals surface area contributed by atoms with E-state index in [1.54, 1.807) is 12.3 Å². The lowest BCUT2D eigenvalue weighted by Crippen LogP contribution is -2.38. The SMILES string of the molecule is Cc1[nH]nc(CN2CCC[C@@H](C(=O)c3ccccn3)C2)c1Cl. The normalized spacial score (nSPS) is 19.3. The number of piperidine rings is 1. The highest BCUT2D eigenvalue weighted by Gasteiger charge is 2.28. The predicted octanol–water partition coefficient (Wildman–Crippen LogP) is 2.86. The summed E-state index contributed by atoms with van der Waals surface area (Å²) in [5.74, 6) is 0.136. The maximum Gasteiger partial charge on any atom is 0.185 e. The first-order valence-corrected chi connectivity index (χ1v) is 7.90. The van der Waals surface area contributed by atoms with Crippen molar-refractivity contribution in [1.29, 1.82) is 0 Å². The van der Waals surface area contributed by atoms with Gasteiger partial charge in [-0.05, 0) is 38.4 Å². The van der Waals surface area contributed by atoms with Gasteiger partial charge >= 0.3 is 0 Å². The molecule has 116 valence electrons. The molecule has 0 aliphatic carbocycles. The molecule has 0 radical (unpaired) electrons. The number of likely N-dealkylation sites (tertiary alicyclic amines) is 1. The van der Waals surface area contributed by atoms with E-state index in [4.69, 9.17) is 11.6 Å². The lowest BCUT2D eigenvalue weighted by atomic mass is 9.92. The van der Waals surface area contributed by atoms with E-state index in [9.17, 15) is 4.79 Å². The van der Waals surface area contributed by atoms with Crippen molar-refractivity contribution in [3.05, 3.63) is 46.5 Å². The fourth-order valence-electron chi connectivity index (χ4n) is 2.91. The zero-order valence-corrected chi connectivity index (χ0v) is 13.3. The lowest BCUT2D eigenvalue weighted by Gasteiger charge is -2.31. The Hall–Kier alpha value is -1.72. The highest BCUT2D eigenvalue weighted by molar-refractivity contribution is 6.31. The molecule has 1 fully saturated rings. The van der Waals surface area contributed by atoms with Crippen LogP contribution in [0.15, 0.2) is 24.4 Å². The van der Waals surface area contributed by atoms with Gasteiger partial charge in [-0.1, -0.05) is 17.7 Å². The molecule has 0 bridgehead atoms. The lowest BCUT2D eigenvalue weighted by molar-refractivity contribution is 0.0805. The quantitative estimate of drug-likeness (QED) is 0.881. The van der Waals surface area contributed by atoms with E-state index in [2.05, 4.69) is 20.1 Å². The van der Waals surface area contributed by atoms with Gasteiger partial charge in [0, 0.05) is 25.2 Å². The van der Waals surface area contributed by atoms with Crippen molar-refractivity contribution >= 4 is 17.4 Å². The molecule has 5 nitrogen and oxygen atoms in total. The smallest absolute Gasteiger partial charge is 0.185 e. The van der Waals surface area contributed by atoms with Crippen LogP contribution >= 0.6 is 11.6 Å². The molecule has 1 atom stereocenters.